The van der Waals surface area contributed by atoms with Crippen LogP contribution in [0.2, 0.25) is 5.02 Å². The van der Waals surface area contributed by atoms with Gasteiger partial charge < -0.3 is 4.74 Å². The van der Waals surface area contributed by atoms with E-state index >= 15 is 0 Å². The standard InChI is InChI=1S/C25H23ClN2O2/c1-16(2)18-7-9-19(10-8-18)24-22-14-21(30-3)11-12-23(22)28(25(29)27-24)15-17-5-4-6-20(26)13-17/h4-14,16H,15H2,1-3H3. The van der Waals surface area contributed by atoms with Crippen LogP contribution in [0, 0.1) is 0 Å². The normalized spacial score (nSPS) is 11.2. The summed E-state index contributed by atoms with van der Waals surface area (Å²) in [5, 5.41) is 1.51. The molecule has 5 heteroatoms. The number of benzene rings is 3. The second kappa shape index (κ2) is 8.33. The molecule has 0 aliphatic rings. The Bertz CT molecular complexity index is 1260. The van der Waals surface area contributed by atoms with Gasteiger partial charge in [-0.05, 0) is 47.4 Å². The van der Waals surface area contributed by atoms with Gasteiger partial charge in [0.2, 0.25) is 0 Å². The van der Waals surface area contributed by atoms with Crippen LogP contribution in [0.5, 0.6) is 5.75 Å². The average Bonchev–Trinajstić information content (AvgIpc) is 2.75. The average molecular weight is 419 g/mol. The summed E-state index contributed by atoms with van der Waals surface area (Å²) < 4.78 is 7.11. The monoisotopic (exact) mass is 418 g/mol. The van der Waals surface area contributed by atoms with Gasteiger partial charge in [0.1, 0.15) is 5.75 Å². The fraction of sp³-hybridized carbons (Fsp3) is 0.200. The van der Waals surface area contributed by atoms with Crippen LogP contribution in [0.25, 0.3) is 22.2 Å². The van der Waals surface area contributed by atoms with E-state index in [4.69, 9.17) is 16.3 Å². The predicted molar refractivity (Wildman–Crippen MR) is 123 cm³/mol. The molecular formula is C25H23ClN2O2. The zero-order valence-corrected chi connectivity index (χ0v) is 18.0. The van der Waals surface area contributed by atoms with Crippen molar-refractivity contribution in [2.24, 2.45) is 0 Å². The van der Waals surface area contributed by atoms with Crippen molar-refractivity contribution in [1.82, 2.24) is 9.55 Å². The number of aromatic nitrogens is 2. The van der Waals surface area contributed by atoms with Crippen molar-refractivity contribution >= 4 is 22.5 Å². The Morgan fingerprint density at radius 2 is 1.80 bits per heavy atom. The first-order valence-electron chi connectivity index (χ1n) is 9.89. The zero-order valence-electron chi connectivity index (χ0n) is 17.2. The minimum atomic E-state index is -0.296. The molecule has 3 aromatic carbocycles. The summed E-state index contributed by atoms with van der Waals surface area (Å²) in [7, 11) is 1.63. The van der Waals surface area contributed by atoms with E-state index in [0.29, 0.717) is 23.2 Å². The highest BCUT2D eigenvalue weighted by molar-refractivity contribution is 6.30. The summed E-state index contributed by atoms with van der Waals surface area (Å²) in [5.74, 6) is 1.16. The van der Waals surface area contributed by atoms with Crippen LogP contribution in [0.1, 0.15) is 30.9 Å². The molecule has 0 amide bonds. The fourth-order valence-corrected chi connectivity index (χ4v) is 3.82. The van der Waals surface area contributed by atoms with E-state index in [9.17, 15) is 4.79 Å². The van der Waals surface area contributed by atoms with Gasteiger partial charge in [0.25, 0.3) is 0 Å². The minimum Gasteiger partial charge on any atom is -0.497 e. The number of nitrogens with zero attached hydrogens (tertiary/aromatic N) is 2. The molecule has 30 heavy (non-hydrogen) atoms. The molecule has 0 N–H and O–H groups in total. The summed E-state index contributed by atoms with van der Waals surface area (Å²) in [6.07, 6.45) is 0. The molecule has 0 radical (unpaired) electrons. The van der Waals surface area contributed by atoms with E-state index in [1.165, 1.54) is 5.56 Å². The van der Waals surface area contributed by atoms with E-state index < -0.39 is 0 Å². The largest absolute Gasteiger partial charge is 0.497 e. The maximum absolute atomic E-state index is 13.0. The van der Waals surface area contributed by atoms with Gasteiger partial charge in [-0.25, -0.2) is 4.79 Å². The molecule has 0 fully saturated rings. The lowest BCUT2D eigenvalue weighted by Crippen LogP contribution is -2.24. The molecule has 0 saturated carbocycles. The molecule has 4 aromatic rings. The van der Waals surface area contributed by atoms with E-state index in [1.807, 2.05) is 54.6 Å². The second-order valence-corrected chi connectivity index (χ2v) is 8.06. The molecule has 4 nitrogen and oxygen atoms in total. The van der Waals surface area contributed by atoms with Crippen molar-refractivity contribution in [2.45, 2.75) is 26.3 Å². The quantitative estimate of drug-likeness (QED) is 0.405. The first-order valence-corrected chi connectivity index (χ1v) is 10.3. The number of hydrogen-bond acceptors (Lipinski definition) is 3. The molecule has 4 rings (SSSR count). The Labute approximate surface area is 180 Å². The Balaban J connectivity index is 1.90. The van der Waals surface area contributed by atoms with Crippen LogP contribution in [0.3, 0.4) is 0 Å². The first kappa shape index (κ1) is 20.2. The smallest absolute Gasteiger partial charge is 0.348 e. The molecule has 0 aliphatic heterocycles. The van der Waals surface area contributed by atoms with Gasteiger partial charge in [0, 0.05) is 16.0 Å². The molecule has 0 bridgehead atoms. The summed E-state index contributed by atoms with van der Waals surface area (Å²) in [5.41, 5.74) is 4.26. The van der Waals surface area contributed by atoms with Crippen LogP contribution in [0.15, 0.2) is 71.5 Å². The fourth-order valence-electron chi connectivity index (χ4n) is 3.60. The molecule has 152 valence electrons. The Morgan fingerprint density at radius 1 is 1.03 bits per heavy atom. The van der Waals surface area contributed by atoms with Gasteiger partial charge >= 0.3 is 5.69 Å². The SMILES string of the molecule is COc1ccc2c(c1)c(-c1ccc(C(C)C)cc1)nc(=O)n2Cc1cccc(Cl)c1. The third kappa shape index (κ3) is 3.96. The molecule has 0 spiro atoms. The Morgan fingerprint density at radius 3 is 2.47 bits per heavy atom. The van der Waals surface area contributed by atoms with E-state index in [-0.39, 0.29) is 5.69 Å². The summed E-state index contributed by atoms with van der Waals surface area (Å²) in [6.45, 7) is 4.71. The lowest BCUT2D eigenvalue weighted by molar-refractivity contribution is 0.415. The van der Waals surface area contributed by atoms with Crippen molar-refractivity contribution in [1.29, 1.82) is 0 Å². The predicted octanol–water partition coefficient (Wildman–Crippen LogP) is 5.90. The minimum absolute atomic E-state index is 0.296. The molecule has 0 atom stereocenters. The van der Waals surface area contributed by atoms with Crippen LogP contribution in [-0.4, -0.2) is 16.7 Å². The van der Waals surface area contributed by atoms with Crippen molar-refractivity contribution < 1.29 is 4.74 Å². The van der Waals surface area contributed by atoms with Crippen LogP contribution < -0.4 is 10.4 Å². The van der Waals surface area contributed by atoms with E-state index in [1.54, 1.807) is 11.7 Å². The zero-order chi connectivity index (χ0) is 21.3. The molecule has 0 unspecified atom stereocenters. The maximum Gasteiger partial charge on any atom is 0.348 e. The van der Waals surface area contributed by atoms with Crippen LogP contribution in [0.4, 0.5) is 0 Å². The maximum atomic E-state index is 13.0. The second-order valence-electron chi connectivity index (χ2n) is 7.62. The summed E-state index contributed by atoms with van der Waals surface area (Å²) >= 11 is 6.13. The van der Waals surface area contributed by atoms with Crippen molar-refractivity contribution in [2.75, 3.05) is 7.11 Å². The number of ether oxygens (including phenoxy) is 1. The molecule has 0 aliphatic carbocycles. The highest BCUT2D eigenvalue weighted by atomic mass is 35.5. The van der Waals surface area contributed by atoms with Crippen LogP contribution in [-0.2, 0) is 6.54 Å². The molecular weight excluding hydrogens is 396 g/mol. The van der Waals surface area contributed by atoms with Crippen molar-refractivity contribution in [3.8, 4) is 17.0 Å². The molecule has 1 heterocycles. The summed E-state index contributed by atoms with van der Waals surface area (Å²) in [4.78, 5) is 17.5. The highest BCUT2D eigenvalue weighted by Crippen LogP contribution is 2.30. The Hall–Kier alpha value is -3.11. The number of methoxy groups -OCH3 is 1. The molecule has 0 saturated heterocycles. The van der Waals surface area contributed by atoms with E-state index in [2.05, 4.69) is 31.0 Å². The van der Waals surface area contributed by atoms with Gasteiger partial charge in [0.15, 0.2) is 0 Å². The van der Waals surface area contributed by atoms with Crippen LogP contribution >= 0.6 is 11.6 Å². The Kier molecular flexibility index (Phi) is 5.60. The third-order valence-corrected chi connectivity index (χ3v) is 5.50. The third-order valence-electron chi connectivity index (χ3n) is 5.27. The van der Waals surface area contributed by atoms with Gasteiger partial charge in [-0.1, -0.05) is 61.8 Å². The van der Waals surface area contributed by atoms with E-state index in [0.717, 1.165) is 27.8 Å². The van der Waals surface area contributed by atoms with Gasteiger partial charge in [0.05, 0.1) is 24.9 Å². The van der Waals surface area contributed by atoms with Gasteiger partial charge in [-0.2, -0.15) is 4.98 Å². The summed E-state index contributed by atoms with van der Waals surface area (Å²) in [6, 6.07) is 21.4. The van der Waals surface area contributed by atoms with Crippen molar-refractivity contribution in [3.05, 3.63) is 93.4 Å². The molecule has 1 aromatic heterocycles. The van der Waals surface area contributed by atoms with Gasteiger partial charge in [-0.15, -0.1) is 0 Å². The lowest BCUT2D eigenvalue weighted by atomic mass is 9.99. The number of hydrogen-bond donors (Lipinski definition) is 0. The number of fused-ring (bicyclic) bond motifs is 1. The van der Waals surface area contributed by atoms with Gasteiger partial charge in [-0.3, -0.25) is 4.57 Å². The highest BCUT2D eigenvalue weighted by Gasteiger charge is 2.14. The number of rotatable bonds is 5. The number of halogens is 1. The lowest BCUT2D eigenvalue weighted by Gasteiger charge is -2.15. The topological polar surface area (TPSA) is 44.1 Å². The first-order chi connectivity index (χ1) is 14.5. The van der Waals surface area contributed by atoms with Crippen molar-refractivity contribution in [3.63, 3.8) is 0 Å².